The van der Waals surface area contributed by atoms with Crippen molar-refractivity contribution in [3.05, 3.63) is 23.8 Å². The third-order valence-corrected chi connectivity index (χ3v) is 4.82. The highest BCUT2D eigenvalue weighted by Gasteiger charge is 2.23. The van der Waals surface area contributed by atoms with Gasteiger partial charge in [-0.3, -0.25) is 0 Å². The van der Waals surface area contributed by atoms with Crippen LogP contribution < -0.4 is 10.1 Å². The first kappa shape index (κ1) is 16.5. The molecule has 0 spiro atoms. The SMILES string of the molecule is C#CCN(C)S(=O)(=O)c1ccc(OC)cc1CCNC. The zero-order valence-electron chi connectivity index (χ0n) is 12.0. The molecule has 0 fully saturated rings. The first-order valence-electron chi connectivity index (χ1n) is 6.18. The largest absolute Gasteiger partial charge is 0.497 e. The van der Waals surface area contributed by atoms with E-state index in [4.69, 9.17) is 11.2 Å². The van der Waals surface area contributed by atoms with Crippen LogP contribution in [-0.2, 0) is 16.4 Å². The van der Waals surface area contributed by atoms with Crippen molar-refractivity contribution >= 4 is 10.0 Å². The van der Waals surface area contributed by atoms with Crippen molar-refractivity contribution in [2.75, 3.05) is 34.3 Å². The predicted octanol–water partition coefficient (Wildman–Crippen LogP) is 0.711. The summed E-state index contributed by atoms with van der Waals surface area (Å²) in [4.78, 5) is 0.270. The molecule has 0 aliphatic heterocycles. The predicted molar refractivity (Wildman–Crippen MR) is 79.3 cm³/mol. The fraction of sp³-hybridized carbons (Fsp3) is 0.429. The fourth-order valence-electron chi connectivity index (χ4n) is 1.77. The molecule has 0 bridgehead atoms. The summed E-state index contributed by atoms with van der Waals surface area (Å²) in [6, 6.07) is 4.94. The molecule has 0 saturated heterocycles. The molecule has 1 rings (SSSR count). The van der Waals surface area contributed by atoms with E-state index in [-0.39, 0.29) is 11.4 Å². The maximum atomic E-state index is 12.5. The average Bonchev–Trinajstić information content (AvgIpc) is 2.44. The van der Waals surface area contributed by atoms with E-state index in [1.165, 1.54) is 7.05 Å². The van der Waals surface area contributed by atoms with E-state index in [0.717, 1.165) is 4.31 Å². The van der Waals surface area contributed by atoms with Crippen molar-refractivity contribution in [2.24, 2.45) is 0 Å². The lowest BCUT2D eigenvalue weighted by molar-refractivity contribution is 0.413. The molecule has 1 aromatic rings. The van der Waals surface area contributed by atoms with Gasteiger partial charge in [-0.05, 0) is 43.8 Å². The molecule has 0 unspecified atom stereocenters. The highest BCUT2D eigenvalue weighted by Crippen LogP contribution is 2.24. The molecule has 5 nitrogen and oxygen atoms in total. The molecule has 0 heterocycles. The Morgan fingerprint density at radius 2 is 2.15 bits per heavy atom. The molecule has 6 heteroatoms. The van der Waals surface area contributed by atoms with Crippen LogP contribution in [0.3, 0.4) is 0 Å². The van der Waals surface area contributed by atoms with Gasteiger partial charge in [0, 0.05) is 7.05 Å². The van der Waals surface area contributed by atoms with Gasteiger partial charge in [-0.25, -0.2) is 8.42 Å². The van der Waals surface area contributed by atoms with Gasteiger partial charge < -0.3 is 10.1 Å². The van der Waals surface area contributed by atoms with E-state index in [0.29, 0.717) is 24.3 Å². The maximum Gasteiger partial charge on any atom is 0.243 e. The van der Waals surface area contributed by atoms with Crippen molar-refractivity contribution in [1.82, 2.24) is 9.62 Å². The molecule has 20 heavy (non-hydrogen) atoms. The summed E-state index contributed by atoms with van der Waals surface area (Å²) < 4.78 is 31.3. The maximum absolute atomic E-state index is 12.5. The Labute approximate surface area is 121 Å². The van der Waals surface area contributed by atoms with Gasteiger partial charge >= 0.3 is 0 Å². The van der Waals surface area contributed by atoms with Gasteiger partial charge in [-0.1, -0.05) is 5.92 Å². The number of nitrogens with one attached hydrogen (secondary N) is 1. The number of hydrogen-bond donors (Lipinski definition) is 1. The highest BCUT2D eigenvalue weighted by molar-refractivity contribution is 7.89. The van der Waals surface area contributed by atoms with Gasteiger partial charge in [0.15, 0.2) is 0 Å². The van der Waals surface area contributed by atoms with Crippen LogP contribution in [0.15, 0.2) is 23.1 Å². The molecule has 0 amide bonds. The van der Waals surface area contributed by atoms with Gasteiger partial charge in [0.05, 0.1) is 18.6 Å². The van der Waals surface area contributed by atoms with Crippen LogP contribution in [0.1, 0.15) is 5.56 Å². The van der Waals surface area contributed by atoms with Crippen LogP contribution in [0.2, 0.25) is 0 Å². The molecule has 1 aromatic carbocycles. The molecule has 0 aliphatic rings. The molecule has 0 aromatic heterocycles. The van der Waals surface area contributed by atoms with Crippen molar-refractivity contribution in [3.63, 3.8) is 0 Å². The van der Waals surface area contributed by atoms with Gasteiger partial charge in [-0.15, -0.1) is 6.42 Å². The lowest BCUT2D eigenvalue weighted by Crippen LogP contribution is -2.28. The van der Waals surface area contributed by atoms with Crippen molar-refractivity contribution in [1.29, 1.82) is 0 Å². The van der Waals surface area contributed by atoms with Crippen LogP contribution in [0, 0.1) is 12.3 Å². The highest BCUT2D eigenvalue weighted by atomic mass is 32.2. The molecular weight excluding hydrogens is 276 g/mol. The van der Waals surface area contributed by atoms with E-state index < -0.39 is 10.0 Å². The quantitative estimate of drug-likeness (QED) is 0.753. The van der Waals surface area contributed by atoms with E-state index >= 15 is 0 Å². The van der Waals surface area contributed by atoms with Crippen molar-refractivity contribution in [3.8, 4) is 18.1 Å². The topological polar surface area (TPSA) is 58.6 Å². The zero-order chi connectivity index (χ0) is 15.2. The second-order valence-corrected chi connectivity index (χ2v) is 6.31. The Hall–Kier alpha value is -1.55. The number of rotatable bonds is 7. The Balaban J connectivity index is 3.25. The number of likely N-dealkylation sites (N-methyl/N-ethyl adjacent to an activating group) is 1. The summed E-state index contributed by atoms with van der Waals surface area (Å²) in [7, 11) is 1.26. The van der Waals surface area contributed by atoms with Crippen LogP contribution in [0.4, 0.5) is 0 Å². The van der Waals surface area contributed by atoms with Gasteiger partial charge in [0.25, 0.3) is 0 Å². The second-order valence-electron chi connectivity index (χ2n) is 4.29. The van der Waals surface area contributed by atoms with E-state index in [2.05, 4.69) is 11.2 Å². The third-order valence-electron chi connectivity index (χ3n) is 2.91. The Kier molecular flexibility index (Phi) is 6.02. The Morgan fingerprint density at radius 3 is 2.70 bits per heavy atom. The lowest BCUT2D eigenvalue weighted by atomic mass is 10.1. The minimum atomic E-state index is -3.58. The molecular formula is C14H20N2O3S. The summed E-state index contributed by atoms with van der Waals surface area (Å²) >= 11 is 0. The summed E-state index contributed by atoms with van der Waals surface area (Å²) in [5.74, 6) is 2.97. The molecule has 110 valence electrons. The van der Waals surface area contributed by atoms with Crippen LogP contribution >= 0.6 is 0 Å². The van der Waals surface area contributed by atoms with Crippen LogP contribution in [0.5, 0.6) is 5.75 Å². The normalized spacial score (nSPS) is 11.3. The molecule has 0 aliphatic carbocycles. The zero-order valence-corrected chi connectivity index (χ0v) is 12.8. The lowest BCUT2D eigenvalue weighted by Gasteiger charge is -2.18. The van der Waals surface area contributed by atoms with Crippen molar-refractivity contribution in [2.45, 2.75) is 11.3 Å². The van der Waals surface area contributed by atoms with Crippen LogP contribution in [-0.4, -0.2) is 47.0 Å². The molecule has 0 radical (unpaired) electrons. The smallest absolute Gasteiger partial charge is 0.243 e. The standard InChI is InChI=1S/C14H20N2O3S/c1-5-10-16(3)20(17,18)14-7-6-13(19-4)11-12(14)8-9-15-2/h1,6-7,11,15H,8-10H2,2-4H3. The first-order chi connectivity index (χ1) is 9.47. The van der Waals surface area contributed by atoms with E-state index in [9.17, 15) is 8.42 Å². The molecule has 0 atom stereocenters. The number of methoxy groups -OCH3 is 1. The summed E-state index contributed by atoms with van der Waals surface area (Å²) in [5.41, 5.74) is 0.711. The van der Waals surface area contributed by atoms with Gasteiger partial charge in [-0.2, -0.15) is 4.31 Å². The average molecular weight is 296 g/mol. The van der Waals surface area contributed by atoms with E-state index in [1.807, 2.05) is 7.05 Å². The number of sulfonamides is 1. The third kappa shape index (κ3) is 3.73. The van der Waals surface area contributed by atoms with Crippen LogP contribution in [0.25, 0.3) is 0 Å². The number of nitrogens with zero attached hydrogens (tertiary/aromatic N) is 1. The fourth-order valence-corrected chi connectivity index (χ4v) is 3.08. The summed E-state index contributed by atoms with van der Waals surface area (Å²) in [6.45, 7) is 0.717. The first-order valence-corrected chi connectivity index (χ1v) is 7.62. The number of terminal acetylenes is 1. The summed E-state index contributed by atoms with van der Waals surface area (Å²) in [5, 5.41) is 3.01. The summed E-state index contributed by atoms with van der Waals surface area (Å²) in [6.07, 6.45) is 5.77. The van der Waals surface area contributed by atoms with Gasteiger partial charge in [0.2, 0.25) is 10.0 Å². The Bertz CT molecular complexity index is 591. The monoisotopic (exact) mass is 296 g/mol. The second kappa shape index (κ2) is 7.29. The van der Waals surface area contributed by atoms with Crippen molar-refractivity contribution < 1.29 is 13.2 Å². The number of benzene rings is 1. The van der Waals surface area contributed by atoms with Gasteiger partial charge in [0.1, 0.15) is 5.75 Å². The molecule has 0 saturated carbocycles. The number of ether oxygens (including phenoxy) is 1. The van der Waals surface area contributed by atoms with E-state index in [1.54, 1.807) is 25.3 Å². The Morgan fingerprint density at radius 1 is 1.45 bits per heavy atom. The minimum Gasteiger partial charge on any atom is -0.497 e. The number of hydrogen-bond acceptors (Lipinski definition) is 4. The molecule has 1 N–H and O–H groups in total. The minimum absolute atomic E-state index is 0.0415.